The Kier molecular flexibility index (Phi) is 7.66. The van der Waals surface area contributed by atoms with Crippen LogP contribution in [0.15, 0.2) is 54.6 Å². The first kappa shape index (κ1) is 26.5. The van der Waals surface area contributed by atoms with Crippen LogP contribution in [0.1, 0.15) is 56.1 Å². The molecule has 38 heavy (non-hydrogen) atoms. The summed E-state index contributed by atoms with van der Waals surface area (Å²) in [7, 11) is 5.98. The Balaban J connectivity index is 1.30. The fraction of sp³-hybridized carbons (Fsp3) is 0.548. The second kappa shape index (κ2) is 11.0. The number of carbonyl (C=O) groups is 2. The number of ether oxygens (including phenoxy) is 1. The van der Waals surface area contributed by atoms with Gasteiger partial charge in [-0.1, -0.05) is 55.0 Å². The zero-order chi connectivity index (χ0) is 26.8. The van der Waals surface area contributed by atoms with E-state index in [4.69, 9.17) is 4.74 Å². The average molecular weight is 519 g/mol. The highest BCUT2D eigenvalue weighted by Crippen LogP contribution is 2.49. The van der Waals surface area contributed by atoms with Crippen molar-refractivity contribution in [3.63, 3.8) is 0 Å². The molecule has 3 amide bonds. The Bertz CT molecular complexity index is 1120. The molecule has 1 saturated heterocycles. The lowest BCUT2D eigenvalue weighted by atomic mass is 9.68. The van der Waals surface area contributed by atoms with E-state index >= 15 is 0 Å². The van der Waals surface area contributed by atoms with Gasteiger partial charge in [-0.3, -0.25) is 9.69 Å². The lowest BCUT2D eigenvalue weighted by molar-refractivity contribution is -0.121. The van der Waals surface area contributed by atoms with Crippen molar-refractivity contribution in [1.82, 2.24) is 20.0 Å². The summed E-state index contributed by atoms with van der Waals surface area (Å²) >= 11 is 0. The van der Waals surface area contributed by atoms with Crippen molar-refractivity contribution in [2.75, 3.05) is 40.8 Å². The van der Waals surface area contributed by atoms with Gasteiger partial charge in [0, 0.05) is 30.7 Å². The van der Waals surface area contributed by atoms with Gasteiger partial charge in [0.05, 0.1) is 12.6 Å². The maximum absolute atomic E-state index is 13.8. The molecule has 0 atom stereocenters. The molecule has 3 aliphatic rings. The van der Waals surface area contributed by atoms with Crippen molar-refractivity contribution in [3.05, 3.63) is 65.7 Å². The van der Waals surface area contributed by atoms with E-state index in [0.717, 1.165) is 43.5 Å². The second-order valence-electron chi connectivity index (χ2n) is 11.7. The van der Waals surface area contributed by atoms with Crippen molar-refractivity contribution in [1.29, 1.82) is 0 Å². The van der Waals surface area contributed by atoms with Crippen LogP contribution in [0.3, 0.4) is 0 Å². The molecule has 1 N–H and O–H groups in total. The Morgan fingerprint density at radius 3 is 2.34 bits per heavy atom. The van der Waals surface area contributed by atoms with Gasteiger partial charge in [0.25, 0.3) is 0 Å². The minimum Gasteiger partial charge on any atom is -0.496 e. The first-order chi connectivity index (χ1) is 18.4. The van der Waals surface area contributed by atoms with E-state index in [0.29, 0.717) is 19.0 Å². The minimum atomic E-state index is -0.204. The number of methoxy groups -OCH3 is 1. The smallest absolute Gasteiger partial charge is 0.321 e. The molecule has 7 heteroatoms. The van der Waals surface area contributed by atoms with E-state index in [1.165, 1.54) is 24.8 Å². The van der Waals surface area contributed by atoms with Crippen LogP contribution in [0.5, 0.6) is 5.75 Å². The Morgan fingerprint density at radius 1 is 1.03 bits per heavy atom. The second-order valence-corrected chi connectivity index (χ2v) is 11.7. The largest absolute Gasteiger partial charge is 0.496 e. The van der Waals surface area contributed by atoms with Crippen LogP contribution >= 0.6 is 0 Å². The van der Waals surface area contributed by atoms with E-state index < -0.39 is 0 Å². The number of nitrogens with zero attached hydrogens (tertiary/aromatic N) is 3. The topological polar surface area (TPSA) is 65.1 Å². The molecular formula is C31H42N4O3. The lowest BCUT2D eigenvalue weighted by Crippen LogP contribution is -2.56. The number of amides is 3. The van der Waals surface area contributed by atoms with Crippen LogP contribution in [0, 0.1) is 5.92 Å². The zero-order valence-corrected chi connectivity index (χ0v) is 23.1. The quantitative estimate of drug-likeness (QED) is 0.526. The lowest BCUT2D eigenvalue weighted by Gasteiger charge is -2.51. The first-order valence-electron chi connectivity index (χ1n) is 14.0. The molecule has 0 radical (unpaired) electrons. The number of nitrogens with one attached hydrogen (secondary N) is 1. The number of carbonyl (C=O) groups excluding carboxylic acids is 2. The van der Waals surface area contributed by atoms with Gasteiger partial charge in [0.2, 0.25) is 5.91 Å². The molecule has 2 aliphatic carbocycles. The van der Waals surface area contributed by atoms with Crippen molar-refractivity contribution >= 4 is 11.9 Å². The summed E-state index contributed by atoms with van der Waals surface area (Å²) < 4.78 is 5.41. The van der Waals surface area contributed by atoms with Crippen LogP contribution in [0.4, 0.5) is 4.79 Å². The molecular weight excluding hydrogens is 476 g/mol. The van der Waals surface area contributed by atoms with Crippen LogP contribution in [-0.4, -0.2) is 73.0 Å². The Morgan fingerprint density at radius 2 is 1.71 bits per heavy atom. The minimum absolute atomic E-state index is 0.0291. The molecule has 7 nitrogen and oxygen atoms in total. The summed E-state index contributed by atoms with van der Waals surface area (Å²) in [5.41, 5.74) is 2.04. The fourth-order valence-electron chi connectivity index (χ4n) is 6.78. The van der Waals surface area contributed by atoms with Crippen molar-refractivity contribution in [2.45, 2.75) is 62.6 Å². The summed E-state index contributed by atoms with van der Waals surface area (Å²) in [6.45, 7) is 1.91. The van der Waals surface area contributed by atoms with Crippen LogP contribution < -0.4 is 10.1 Å². The number of urea groups is 1. The standard InChI is InChI=1S/C31H42N4O3/c1-33(2)31(26-13-5-4-6-14-26)18-16-30(17-19-31)23-34(29(37)35(30)21-24-10-9-11-24)22-28(36)32-20-25-12-7-8-15-27(25)38-3/h4-8,12-15,24H,9-11,16-23H2,1-3H3,(H,32,36)/t30-,31-. The van der Waals surface area contributed by atoms with Gasteiger partial charge in [-0.2, -0.15) is 0 Å². The zero-order valence-electron chi connectivity index (χ0n) is 23.1. The van der Waals surface area contributed by atoms with E-state index in [1.807, 2.05) is 24.3 Å². The first-order valence-corrected chi connectivity index (χ1v) is 14.0. The molecule has 2 aromatic carbocycles. The van der Waals surface area contributed by atoms with Crippen molar-refractivity contribution in [2.24, 2.45) is 5.92 Å². The highest BCUT2D eigenvalue weighted by Gasteiger charge is 2.55. The molecule has 1 spiro atoms. The van der Waals surface area contributed by atoms with Crippen LogP contribution in [0.2, 0.25) is 0 Å². The predicted octanol–water partition coefficient (Wildman–Crippen LogP) is 4.62. The molecule has 3 fully saturated rings. The highest BCUT2D eigenvalue weighted by atomic mass is 16.5. The van der Waals surface area contributed by atoms with E-state index in [1.54, 1.807) is 12.0 Å². The molecule has 0 unspecified atom stereocenters. The maximum Gasteiger partial charge on any atom is 0.321 e. The van der Waals surface area contributed by atoms with Crippen molar-refractivity contribution < 1.29 is 14.3 Å². The normalized spacial score (nSPS) is 25.6. The van der Waals surface area contributed by atoms with E-state index in [2.05, 4.69) is 59.5 Å². The number of benzene rings is 2. The summed E-state index contributed by atoms with van der Waals surface area (Å²) in [6.07, 6.45) is 7.52. The third kappa shape index (κ3) is 5.00. The van der Waals surface area contributed by atoms with Gasteiger partial charge in [-0.15, -0.1) is 0 Å². The Labute approximate surface area is 227 Å². The summed E-state index contributed by atoms with van der Waals surface area (Å²) in [4.78, 5) is 33.1. The van der Waals surface area contributed by atoms with Crippen molar-refractivity contribution in [3.8, 4) is 5.75 Å². The fourth-order valence-corrected chi connectivity index (χ4v) is 6.78. The van der Waals surface area contributed by atoms with Crippen LogP contribution in [-0.2, 0) is 16.9 Å². The SMILES string of the molecule is COc1ccccc1CNC(=O)CN1C[C@]2(CC[C@@](c3ccccc3)(N(C)C)CC2)N(CC2CCC2)C1=O. The molecule has 204 valence electrons. The third-order valence-electron chi connectivity index (χ3n) is 9.40. The van der Waals surface area contributed by atoms with Gasteiger partial charge >= 0.3 is 6.03 Å². The molecule has 0 aromatic heterocycles. The van der Waals surface area contributed by atoms with Gasteiger partial charge in [-0.05, 0) is 70.2 Å². The average Bonchev–Trinajstić information content (AvgIpc) is 3.15. The summed E-state index contributed by atoms with van der Waals surface area (Å²) in [6, 6.07) is 18.5. The molecule has 0 bridgehead atoms. The van der Waals surface area contributed by atoms with Gasteiger partial charge in [0.15, 0.2) is 0 Å². The summed E-state index contributed by atoms with van der Waals surface area (Å²) in [5.74, 6) is 1.21. The monoisotopic (exact) mass is 518 g/mol. The molecule has 1 aliphatic heterocycles. The third-order valence-corrected chi connectivity index (χ3v) is 9.40. The molecule has 2 saturated carbocycles. The summed E-state index contributed by atoms with van der Waals surface area (Å²) in [5, 5.41) is 3.00. The Hall–Kier alpha value is -3.06. The van der Waals surface area contributed by atoms with Gasteiger partial charge < -0.3 is 19.9 Å². The number of hydrogen-bond acceptors (Lipinski definition) is 4. The van der Waals surface area contributed by atoms with Gasteiger partial charge in [-0.25, -0.2) is 4.79 Å². The number of hydrogen-bond donors (Lipinski definition) is 1. The molecule has 5 rings (SSSR count). The maximum atomic E-state index is 13.8. The van der Waals surface area contributed by atoms with E-state index in [9.17, 15) is 9.59 Å². The number of para-hydroxylation sites is 1. The van der Waals surface area contributed by atoms with Crippen LogP contribution in [0.25, 0.3) is 0 Å². The highest BCUT2D eigenvalue weighted by molar-refractivity contribution is 5.86. The molecule has 2 aromatic rings. The van der Waals surface area contributed by atoms with Gasteiger partial charge in [0.1, 0.15) is 12.3 Å². The number of rotatable bonds is 9. The predicted molar refractivity (Wildman–Crippen MR) is 149 cm³/mol. The van der Waals surface area contributed by atoms with E-state index in [-0.39, 0.29) is 29.6 Å². The molecule has 1 heterocycles.